The fraction of sp³-hybridized carbons (Fsp3) is 0.636. The summed E-state index contributed by atoms with van der Waals surface area (Å²) >= 11 is 0. The Hall–Kier alpha value is -1.36. The van der Waals surface area contributed by atoms with Crippen LogP contribution in [0.4, 0.5) is 0 Å². The van der Waals surface area contributed by atoms with E-state index in [4.69, 9.17) is 4.74 Å². The third-order valence-electron chi connectivity index (χ3n) is 2.03. The zero-order valence-electron chi connectivity index (χ0n) is 9.49. The van der Waals surface area contributed by atoms with Gasteiger partial charge < -0.3 is 15.4 Å². The monoisotopic (exact) mass is 226 g/mol. The minimum atomic E-state index is -0.355. The molecule has 5 nitrogen and oxygen atoms in total. The Morgan fingerprint density at radius 3 is 2.81 bits per heavy atom. The number of esters is 1. The number of hydrogen-bond acceptors (Lipinski definition) is 4. The molecule has 1 aliphatic rings. The van der Waals surface area contributed by atoms with Gasteiger partial charge in [-0.1, -0.05) is 6.08 Å². The highest BCUT2D eigenvalue weighted by molar-refractivity contribution is 5.82. The van der Waals surface area contributed by atoms with Gasteiger partial charge in [-0.2, -0.15) is 0 Å². The van der Waals surface area contributed by atoms with E-state index in [0.717, 1.165) is 12.8 Å². The molecule has 0 atom stereocenters. The topological polar surface area (TPSA) is 67.4 Å². The zero-order chi connectivity index (χ0) is 11.8. The molecular weight excluding hydrogens is 208 g/mol. The second-order valence-electron chi connectivity index (χ2n) is 3.63. The van der Waals surface area contributed by atoms with E-state index in [0.29, 0.717) is 19.2 Å². The van der Waals surface area contributed by atoms with Crippen LogP contribution in [0.3, 0.4) is 0 Å². The number of rotatable bonds is 7. The molecule has 1 fully saturated rings. The van der Waals surface area contributed by atoms with Crippen molar-refractivity contribution < 1.29 is 14.3 Å². The number of amides is 1. The molecule has 2 N–H and O–H groups in total. The van der Waals surface area contributed by atoms with Crippen molar-refractivity contribution in [2.45, 2.75) is 25.8 Å². The fourth-order valence-corrected chi connectivity index (χ4v) is 1.12. The Morgan fingerprint density at radius 1 is 1.44 bits per heavy atom. The zero-order valence-corrected chi connectivity index (χ0v) is 9.49. The Kier molecular flexibility index (Phi) is 5.56. The Bertz CT molecular complexity index is 272. The van der Waals surface area contributed by atoms with E-state index in [9.17, 15) is 9.59 Å². The number of carbonyl (C=O) groups excluding carboxylic acids is 2. The van der Waals surface area contributed by atoms with Crippen molar-refractivity contribution >= 4 is 11.9 Å². The smallest absolute Gasteiger partial charge is 0.330 e. The van der Waals surface area contributed by atoms with Crippen LogP contribution >= 0.6 is 0 Å². The van der Waals surface area contributed by atoms with Crippen LogP contribution in [0.2, 0.25) is 0 Å². The number of ether oxygens (including phenoxy) is 1. The maximum atomic E-state index is 11.2. The van der Waals surface area contributed by atoms with Crippen molar-refractivity contribution in [3.8, 4) is 0 Å². The summed E-state index contributed by atoms with van der Waals surface area (Å²) in [6.07, 6.45) is 5.18. The summed E-state index contributed by atoms with van der Waals surface area (Å²) in [5, 5.41) is 5.77. The molecule has 1 rings (SSSR count). The van der Waals surface area contributed by atoms with Crippen LogP contribution in [0, 0.1) is 0 Å². The summed E-state index contributed by atoms with van der Waals surface area (Å²) in [6.45, 7) is 2.90. The Morgan fingerprint density at radius 2 is 2.19 bits per heavy atom. The molecule has 0 bridgehead atoms. The van der Waals surface area contributed by atoms with Gasteiger partial charge in [-0.15, -0.1) is 0 Å². The summed E-state index contributed by atoms with van der Waals surface area (Å²) in [4.78, 5) is 22.1. The molecule has 1 aliphatic carbocycles. The molecule has 0 aromatic heterocycles. The van der Waals surface area contributed by atoms with Crippen molar-refractivity contribution in [3.63, 3.8) is 0 Å². The molecule has 0 aromatic carbocycles. The standard InChI is InChI=1S/C11H18N2O3/c1-2-16-11(15)4-3-7-12-8-10(14)13-9-5-6-9/h3-4,9,12H,2,5-8H2,1H3,(H,13,14)/b4-3+. The lowest BCUT2D eigenvalue weighted by Crippen LogP contribution is -2.35. The first kappa shape index (κ1) is 12.7. The Labute approximate surface area is 95.2 Å². The quantitative estimate of drug-likeness (QED) is 0.363. The van der Waals surface area contributed by atoms with Crippen LogP contribution in [-0.2, 0) is 14.3 Å². The van der Waals surface area contributed by atoms with Gasteiger partial charge in [0.15, 0.2) is 0 Å². The second kappa shape index (κ2) is 7.00. The molecule has 90 valence electrons. The van der Waals surface area contributed by atoms with Gasteiger partial charge in [0.2, 0.25) is 5.91 Å². The summed E-state index contributed by atoms with van der Waals surface area (Å²) in [7, 11) is 0. The van der Waals surface area contributed by atoms with Gasteiger partial charge in [-0.25, -0.2) is 4.79 Å². The second-order valence-corrected chi connectivity index (χ2v) is 3.63. The molecule has 0 aromatic rings. The first-order valence-electron chi connectivity index (χ1n) is 5.55. The molecule has 1 amide bonds. The van der Waals surface area contributed by atoms with Gasteiger partial charge >= 0.3 is 5.97 Å². The Balaban J connectivity index is 1.97. The van der Waals surface area contributed by atoms with E-state index in [1.807, 2.05) is 0 Å². The third-order valence-corrected chi connectivity index (χ3v) is 2.03. The fourth-order valence-electron chi connectivity index (χ4n) is 1.12. The molecule has 0 aliphatic heterocycles. The lowest BCUT2D eigenvalue weighted by atomic mass is 10.4. The number of nitrogens with one attached hydrogen (secondary N) is 2. The third kappa shape index (κ3) is 6.19. The molecule has 0 saturated heterocycles. The van der Waals surface area contributed by atoms with Gasteiger partial charge in [-0.3, -0.25) is 4.79 Å². The van der Waals surface area contributed by atoms with Crippen molar-refractivity contribution in [1.82, 2.24) is 10.6 Å². The first-order valence-corrected chi connectivity index (χ1v) is 5.55. The van der Waals surface area contributed by atoms with Crippen LogP contribution in [0.5, 0.6) is 0 Å². The van der Waals surface area contributed by atoms with E-state index in [-0.39, 0.29) is 18.4 Å². The van der Waals surface area contributed by atoms with E-state index in [1.54, 1.807) is 13.0 Å². The maximum absolute atomic E-state index is 11.2. The van der Waals surface area contributed by atoms with Crippen molar-refractivity contribution in [2.75, 3.05) is 19.7 Å². The van der Waals surface area contributed by atoms with Crippen LogP contribution < -0.4 is 10.6 Å². The molecule has 0 unspecified atom stereocenters. The van der Waals surface area contributed by atoms with Crippen molar-refractivity contribution in [1.29, 1.82) is 0 Å². The highest BCUT2D eigenvalue weighted by atomic mass is 16.5. The summed E-state index contributed by atoms with van der Waals surface area (Å²) in [5.41, 5.74) is 0. The van der Waals surface area contributed by atoms with Crippen LogP contribution in [0.25, 0.3) is 0 Å². The molecule has 1 saturated carbocycles. The van der Waals surface area contributed by atoms with Gasteiger partial charge in [0.05, 0.1) is 13.2 Å². The summed E-state index contributed by atoms with van der Waals surface area (Å²) in [5.74, 6) is -0.348. The normalized spacial score (nSPS) is 15.1. The van der Waals surface area contributed by atoms with Gasteiger partial charge in [-0.05, 0) is 19.8 Å². The minimum absolute atomic E-state index is 0.00651. The predicted octanol–water partition coefficient (Wildman–Crippen LogP) is -0.0261. The van der Waals surface area contributed by atoms with Crippen molar-refractivity contribution in [2.24, 2.45) is 0 Å². The molecule has 0 spiro atoms. The van der Waals surface area contributed by atoms with Crippen LogP contribution in [0.1, 0.15) is 19.8 Å². The average molecular weight is 226 g/mol. The number of hydrogen-bond donors (Lipinski definition) is 2. The maximum Gasteiger partial charge on any atom is 0.330 e. The lowest BCUT2D eigenvalue weighted by molar-refractivity contribution is -0.137. The summed E-state index contributed by atoms with van der Waals surface area (Å²) < 4.78 is 4.70. The van der Waals surface area contributed by atoms with Crippen LogP contribution in [-0.4, -0.2) is 37.6 Å². The number of carbonyl (C=O) groups is 2. The minimum Gasteiger partial charge on any atom is -0.463 e. The average Bonchev–Trinajstić information content (AvgIpc) is 3.01. The molecule has 16 heavy (non-hydrogen) atoms. The predicted molar refractivity (Wildman–Crippen MR) is 59.8 cm³/mol. The highest BCUT2D eigenvalue weighted by Gasteiger charge is 2.22. The van der Waals surface area contributed by atoms with E-state index in [2.05, 4.69) is 10.6 Å². The van der Waals surface area contributed by atoms with Gasteiger partial charge in [0.25, 0.3) is 0 Å². The summed E-state index contributed by atoms with van der Waals surface area (Å²) in [6, 6.07) is 0.393. The van der Waals surface area contributed by atoms with Gasteiger partial charge in [0.1, 0.15) is 0 Å². The highest BCUT2D eigenvalue weighted by Crippen LogP contribution is 2.17. The molecule has 5 heteroatoms. The molecule has 0 radical (unpaired) electrons. The SMILES string of the molecule is CCOC(=O)/C=C/CNCC(=O)NC1CC1. The largest absolute Gasteiger partial charge is 0.463 e. The molecular formula is C11H18N2O3. The van der Waals surface area contributed by atoms with Crippen LogP contribution in [0.15, 0.2) is 12.2 Å². The van der Waals surface area contributed by atoms with E-state index >= 15 is 0 Å². The van der Waals surface area contributed by atoms with Gasteiger partial charge in [0, 0.05) is 18.7 Å². The lowest BCUT2D eigenvalue weighted by Gasteiger charge is -2.02. The van der Waals surface area contributed by atoms with E-state index in [1.165, 1.54) is 6.08 Å². The van der Waals surface area contributed by atoms with E-state index < -0.39 is 0 Å². The molecule has 0 heterocycles. The van der Waals surface area contributed by atoms with Crippen molar-refractivity contribution in [3.05, 3.63) is 12.2 Å². The first-order chi connectivity index (χ1) is 7.72.